The van der Waals surface area contributed by atoms with Crippen molar-refractivity contribution < 1.29 is 53.4 Å². The Kier molecular flexibility index (Phi) is 29.0. The van der Waals surface area contributed by atoms with Gasteiger partial charge in [-0.05, 0) is 106 Å². The number of rotatable bonds is 23. The summed E-state index contributed by atoms with van der Waals surface area (Å²) < 4.78 is 81.0. The van der Waals surface area contributed by atoms with E-state index in [0.29, 0.717) is 22.3 Å². The molecule has 22 nitrogen and oxygen atoms in total. The molecule has 0 heterocycles. The third-order valence-electron chi connectivity index (χ3n) is 7.73. The SMILES string of the molecule is C=C(N)NCN=C(N)N.CC/C=C(\NCC)NCN=C(NCC)NCC.O=C([O-])CS(=O)(=O)c1ccc(OS(=O)c2ccccc2)cc1.O=C([O-])CS(=O)(=O)c1ccc(OS(=O)c2ccccc2)cc1. The van der Waals surface area contributed by atoms with Crippen molar-refractivity contribution in [1.29, 1.82) is 0 Å². The minimum atomic E-state index is -3.95. The first-order valence-corrected chi connectivity index (χ1v) is 26.4. The molecule has 0 bridgehead atoms. The summed E-state index contributed by atoms with van der Waals surface area (Å²) in [5.74, 6) is -2.86. The van der Waals surface area contributed by atoms with Crippen molar-refractivity contribution >= 4 is 65.7 Å². The van der Waals surface area contributed by atoms with E-state index >= 15 is 0 Å². The van der Waals surface area contributed by atoms with Crippen LogP contribution >= 0.6 is 0 Å². The third-order valence-corrected chi connectivity index (χ3v) is 12.9. The van der Waals surface area contributed by atoms with E-state index in [1.807, 2.05) is 0 Å². The molecule has 0 aliphatic heterocycles. The Morgan fingerprint density at radius 2 is 0.986 bits per heavy atom. The lowest BCUT2D eigenvalue weighted by atomic mass is 10.3. The molecular weight excluding hydrogens is 989 g/mol. The van der Waals surface area contributed by atoms with E-state index in [2.05, 4.69) is 76.9 Å². The molecule has 0 aromatic heterocycles. The highest BCUT2D eigenvalue weighted by Gasteiger charge is 2.17. The molecule has 0 radical (unpaired) electrons. The Morgan fingerprint density at radius 1 is 0.600 bits per heavy atom. The average Bonchev–Trinajstić information content (AvgIpc) is 3.30. The van der Waals surface area contributed by atoms with Crippen LogP contribution < -0.4 is 62.4 Å². The summed E-state index contributed by atoms with van der Waals surface area (Å²) in [7, 11) is -7.90. The Bertz CT molecular complexity index is 2440. The topological polar surface area (TPSA) is 364 Å². The minimum Gasteiger partial charge on any atom is -0.549 e. The van der Waals surface area contributed by atoms with Crippen LogP contribution in [0.4, 0.5) is 0 Å². The zero-order chi connectivity index (χ0) is 52.5. The zero-order valence-corrected chi connectivity index (χ0v) is 42.3. The quantitative estimate of drug-likeness (QED) is 0.0353. The molecule has 0 aliphatic carbocycles. The number of nitrogens with zero attached hydrogens (tertiary/aromatic N) is 2. The number of allylic oxidation sites excluding steroid dienone is 1. The maximum Gasteiger partial charge on any atom is 0.240 e. The number of hydrogen-bond donors (Lipinski definition) is 8. The van der Waals surface area contributed by atoms with Crippen molar-refractivity contribution in [3.63, 3.8) is 0 Å². The largest absolute Gasteiger partial charge is 0.549 e. The van der Waals surface area contributed by atoms with Crippen LogP contribution in [0.25, 0.3) is 0 Å². The van der Waals surface area contributed by atoms with Crippen LogP contribution in [0.15, 0.2) is 163 Å². The van der Waals surface area contributed by atoms with Crippen molar-refractivity contribution in [2.24, 2.45) is 27.2 Å². The van der Waals surface area contributed by atoms with Crippen molar-refractivity contribution in [2.75, 3.05) is 44.5 Å². The highest BCUT2D eigenvalue weighted by atomic mass is 32.2. The van der Waals surface area contributed by atoms with Crippen molar-refractivity contribution in [3.8, 4) is 11.5 Å². The molecule has 0 saturated carbocycles. The zero-order valence-electron chi connectivity index (χ0n) is 39.0. The second-order valence-electron chi connectivity index (χ2n) is 13.4. The molecule has 70 heavy (non-hydrogen) atoms. The lowest BCUT2D eigenvalue weighted by molar-refractivity contribution is -0.302. The first-order valence-electron chi connectivity index (χ1n) is 21.0. The third kappa shape index (κ3) is 26.4. The minimum absolute atomic E-state index is 0.0313. The van der Waals surface area contributed by atoms with E-state index < -0.39 is 65.3 Å². The smallest absolute Gasteiger partial charge is 0.240 e. The maximum atomic E-state index is 11.9. The van der Waals surface area contributed by atoms with E-state index in [0.717, 1.165) is 37.8 Å². The molecule has 11 N–H and O–H groups in total. The van der Waals surface area contributed by atoms with Gasteiger partial charge in [0.15, 0.2) is 31.6 Å². The lowest BCUT2D eigenvalue weighted by Crippen LogP contribution is -2.38. The average molecular weight is 1050 g/mol. The number of benzene rings is 4. The molecule has 0 saturated heterocycles. The molecule has 2 unspecified atom stereocenters. The summed E-state index contributed by atoms with van der Waals surface area (Å²) in [6.45, 7) is 15.2. The molecule has 4 rings (SSSR count). The molecule has 4 aromatic rings. The Labute approximate surface area is 414 Å². The van der Waals surface area contributed by atoms with Gasteiger partial charge < -0.3 is 72.0 Å². The van der Waals surface area contributed by atoms with E-state index in [-0.39, 0.29) is 33.9 Å². The van der Waals surface area contributed by atoms with Gasteiger partial charge in [-0.2, -0.15) is 0 Å². The number of carbonyl (C=O) groups excluding carboxylic acids is 2. The van der Waals surface area contributed by atoms with Gasteiger partial charge in [0.05, 0.1) is 54.7 Å². The first-order chi connectivity index (χ1) is 33.2. The van der Waals surface area contributed by atoms with Crippen molar-refractivity contribution in [2.45, 2.75) is 53.7 Å². The summed E-state index contributed by atoms with van der Waals surface area (Å²) in [4.78, 5) is 29.4. The summed E-state index contributed by atoms with van der Waals surface area (Å²) in [5.41, 5.74) is 15.1. The van der Waals surface area contributed by atoms with Crippen LogP contribution in [0, 0.1) is 0 Å². The molecule has 0 aliphatic rings. The molecular formula is C44H60N10O12S4-2. The predicted molar refractivity (Wildman–Crippen MR) is 266 cm³/mol. The van der Waals surface area contributed by atoms with Crippen molar-refractivity contribution in [1.82, 2.24) is 26.6 Å². The Morgan fingerprint density at radius 3 is 1.31 bits per heavy atom. The number of hydrogen-bond acceptors (Lipinski definition) is 18. The molecule has 26 heteroatoms. The second kappa shape index (κ2) is 33.4. The number of carboxylic acids is 2. The Hall–Kier alpha value is -7.16. The van der Waals surface area contributed by atoms with Gasteiger partial charge in [0, 0.05) is 19.6 Å². The molecule has 384 valence electrons. The van der Waals surface area contributed by atoms with E-state index in [9.17, 15) is 45.1 Å². The number of aliphatic imine (C=N–C) groups is 2. The van der Waals surface area contributed by atoms with Crippen LogP contribution in [0.5, 0.6) is 11.5 Å². The number of carboxylic acid groups (broad SMARTS) is 2. The summed E-state index contributed by atoms with van der Waals surface area (Å²) in [5, 5.41) is 36.3. The van der Waals surface area contributed by atoms with E-state index in [1.165, 1.54) is 48.5 Å². The molecule has 4 aromatic carbocycles. The standard InChI is InChI=1S/2C14H12O6S2.C12H27N5.C4H11N5/c2*15-14(16)10-22(18,19)13-8-6-11(7-9-13)20-21(17)12-4-2-1-3-5-12;1-5-9-11(13-6-2)16-10-17-12(14-7-3)15-8-4;1-3(5)8-2-9-4(6)7/h2*1-9H,10H2,(H,15,16);9,13,16H,5-8,10H2,1-4H3,(H2,14,15,17);8H,1-2,5H2,(H4,6,7,9)/p-2/b;;11-9+;. The van der Waals surface area contributed by atoms with Crippen LogP contribution in [0.3, 0.4) is 0 Å². The van der Waals surface area contributed by atoms with Crippen LogP contribution in [0.1, 0.15) is 34.1 Å². The number of carbonyl (C=O) groups is 2. The summed E-state index contributed by atoms with van der Waals surface area (Å²) in [6.07, 6.45) is 3.13. The fraction of sp³-hybridized carbons (Fsp3) is 0.273. The van der Waals surface area contributed by atoms with Gasteiger partial charge in [0.1, 0.15) is 24.8 Å². The van der Waals surface area contributed by atoms with Crippen LogP contribution in [0.2, 0.25) is 0 Å². The first kappa shape index (κ1) is 60.9. The predicted octanol–water partition coefficient (Wildman–Crippen LogP) is -0.170. The van der Waals surface area contributed by atoms with Gasteiger partial charge in [-0.25, -0.2) is 35.2 Å². The normalized spacial score (nSPS) is 11.5. The highest BCUT2D eigenvalue weighted by molar-refractivity contribution is 7.92. The maximum absolute atomic E-state index is 11.9. The fourth-order valence-electron chi connectivity index (χ4n) is 4.76. The second-order valence-corrected chi connectivity index (χ2v) is 19.6. The monoisotopic (exact) mass is 1050 g/mol. The van der Waals surface area contributed by atoms with Gasteiger partial charge in [-0.3, -0.25) is 0 Å². The van der Waals surface area contributed by atoms with Gasteiger partial charge in [0.25, 0.3) is 0 Å². The Balaban J connectivity index is 0.000000487. The van der Waals surface area contributed by atoms with Gasteiger partial charge in [-0.1, -0.05) is 49.9 Å². The number of aliphatic carboxylic acids is 2. The lowest BCUT2D eigenvalue weighted by Gasteiger charge is -2.12. The fourth-order valence-corrected chi connectivity index (χ4v) is 8.34. The van der Waals surface area contributed by atoms with Crippen LogP contribution in [-0.4, -0.2) is 93.6 Å². The van der Waals surface area contributed by atoms with E-state index in [4.69, 9.17) is 25.6 Å². The number of sulfone groups is 2. The molecule has 0 amide bonds. The van der Waals surface area contributed by atoms with Crippen molar-refractivity contribution in [3.05, 3.63) is 133 Å². The van der Waals surface area contributed by atoms with Gasteiger partial charge in [-0.15, -0.1) is 0 Å². The van der Waals surface area contributed by atoms with Gasteiger partial charge in [0.2, 0.25) is 22.2 Å². The molecule has 0 fully saturated rings. The number of nitrogens with one attached hydrogen (secondary N) is 5. The van der Waals surface area contributed by atoms with Crippen LogP contribution in [-0.2, 0) is 51.4 Å². The number of nitrogens with two attached hydrogens (primary N) is 3. The molecule has 2 atom stereocenters. The molecule has 0 spiro atoms. The van der Waals surface area contributed by atoms with E-state index in [1.54, 1.807) is 60.7 Å². The highest BCUT2D eigenvalue weighted by Crippen LogP contribution is 2.21. The summed E-state index contributed by atoms with van der Waals surface area (Å²) in [6, 6.07) is 26.9. The van der Waals surface area contributed by atoms with Gasteiger partial charge >= 0.3 is 0 Å². The number of guanidine groups is 2. The summed E-state index contributed by atoms with van der Waals surface area (Å²) >= 11 is -3.45.